The first-order chi connectivity index (χ1) is 8.18. The van der Waals surface area contributed by atoms with Gasteiger partial charge in [0.25, 0.3) is 5.91 Å². The Morgan fingerprint density at radius 2 is 2.00 bits per heavy atom. The average molecular weight is 256 g/mol. The molecule has 0 unspecified atom stereocenters. The van der Waals surface area contributed by atoms with Crippen molar-refractivity contribution < 1.29 is 9.18 Å². The monoisotopic (exact) mass is 255 g/mol. The number of hydrogen-bond donors (Lipinski definition) is 1. The molecule has 0 heterocycles. The number of carbonyl (C=O) groups is 1. The van der Waals surface area contributed by atoms with Gasteiger partial charge < -0.3 is 5.32 Å². The van der Waals surface area contributed by atoms with E-state index in [0.717, 1.165) is 25.7 Å². The van der Waals surface area contributed by atoms with Crippen molar-refractivity contribution in [3.05, 3.63) is 34.6 Å². The second-order valence-electron chi connectivity index (χ2n) is 4.41. The smallest absolute Gasteiger partial charge is 0.254 e. The molecule has 1 aromatic carbocycles. The Labute approximate surface area is 105 Å². The number of rotatable bonds is 2. The van der Waals surface area contributed by atoms with Gasteiger partial charge in [0.15, 0.2) is 5.82 Å². The summed E-state index contributed by atoms with van der Waals surface area (Å²) >= 11 is 5.65. The fourth-order valence-electron chi connectivity index (χ4n) is 2.19. The van der Waals surface area contributed by atoms with Crippen LogP contribution in [0.15, 0.2) is 18.2 Å². The van der Waals surface area contributed by atoms with Crippen LogP contribution in [0, 0.1) is 5.82 Å². The van der Waals surface area contributed by atoms with E-state index in [1.54, 1.807) is 6.07 Å². The van der Waals surface area contributed by atoms with Crippen molar-refractivity contribution in [2.45, 2.75) is 38.1 Å². The van der Waals surface area contributed by atoms with Gasteiger partial charge in [0.2, 0.25) is 0 Å². The fourth-order valence-corrected chi connectivity index (χ4v) is 2.36. The quantitative estimate of drug-likeness (QED) is 0.860. The summed E-state index contributed by atoms with van der Waals surface area (Å²) in [6, 6.07) is 4.66. The maximum Gasteiger partial charge on any atom is 0.254 e. The molecule has 4 heteroatoms. The molecule has 1 aliphatic rings. The van der Waals surface area contributed by atoms with Gasteiger partial charge in [-0.1, -0.05) is 36.9 Å². The van der Waals surface area contributed by atoms with Crippen LogP contribution in [0.4, 0.5) is 4.39 Å². The number of halogens is 2. The Morgan fingerprint density at radius 1 is 1.29 bits per heavy atom. The van der Waals surface area contributed by atoms with Gasteiger partial charge >= 0.3 is 0 Å². The van der Waals surface area contributed by atoms with Gasteiger partial charge in [0, 0.05) is 6.04 Å². The van der Waals surface area contributed by atoms with Crippen LogP contribution in [-0.2, 0) is 0 Å². The normalized spacial score (nSPS) is 16.8. The maximum absolute atomic E-state index is 13.6. The van der Waals surface area contributed by atoms with Crippen molar-refractivity contribution in [2.75, 3.05) is 0 Å². The standard InChI is InChI=1S/C13H15ClFNO/c14-11-8-4-7-10(12(11)15)13(17)16-9-5-2-1-3-6-9/h4,7-9H,1-3,5-6H2,(H,16,17). The summed E-state index contributed by atoms with van der Waals surface area (Å²) < 4.78 is 13.6. The molecule has 1 saturated carbocycles. The van der Waals surface area contributed by atoms with Crippen LogP contribution >= 0.6 is 11.6 Å². The minimum absolute atomic E-state index is 0.0127. The van der Waals surface area contributed by atoms with Crippen molar-refractivity contribution in [3.8, 4) is 0 Å². The highest BCUT2D eigenvalue weighted by atomic mass is 35.5. The van der Waals surface area contributed by atoms with Crippen LogP contribution in [0.2, 0.25) is 5.02 Å². The molecular weight excluding hydrogens is 241 g/mol. The minimum atomic E-state index is -0.637. The van der Waals surface area contributed by atoms with E-state index in [2.05, 4.69) is 5.32 Å². The first kappa shape index (κ1) is 12.4. The molecule has 1 aromatic rings. The topological polar surface area (TPSA) is 29.1 Å². The van der Waals surface area contributed by atoms with Crippen LogP contribution in [0.3, 0.4) is 0 Å². The molecule has 1 aliphatic carbocycles. The van der Waals surface area contributed by atoms with E-state index < -0.39 is 5.82 Å². The second kappa shape index (κ2) is 5.50. The Morgan fingerprint density at radius 3 is 2.71 bits per heavy atom. The lowest BCUT2D eigenvalue weighted by Gasteiger charge is -2.22. The third-order valence-corrected chi connectivity index (χ3v) is 3.43. The van der Waals surface area contributed by atoms with Crippen molar-refractivity contribution in [1.82, 2.24) is 5.32 Å². The Kier molecular flexibility index (Phi) is 4.00. The summed E-state index contributed by atoms with van der Waals surface area (Å²) in [4.78, 5) is 11.9. The first-order valence-electron chi connectivity index (χ1n) is 5.93. The van der Waals surface area contributed by atoms with Gasteiger partial charge in [-0.25, -0.2) is 4.39 Å². The lowest BCUT2D eigenvalue weighted by Crippen LogP contribution is -2.36. The van der Waals surface area contributed by atoms with Gasteiger partial charge in [0.05, 0.1) is 10.6 Å². The van der Waals surface area contributed by atoms with E-state index in [0.29, 0.717) is 0 Å². The molecule has 0 bridgehead atoms. The maximum atomic E-state index is 13.6. The Hall–Kier alpha value is -1.09. The number of nitrogens with one attached hydrogen (secondary N) is 1. The highest BCUT2D eigenvalue weighted by Crippen LogP contribution is 2.20. The van der Waals surface area contributed by atoms with Crippen molar-refractivity contribution >= 4 is 17.5 Å². The second-order valence-corrected chi connectivity index (χ2v) is 4.82. The number of benzene rings is 1. The lowest BCUT2D eigenvalue weighted by atomic mass is 9.95. The molecule has 1 N–H and O–H groups in total. The number of amides is 1. The summed E-state index contributed by atoms with van der Waals surface area (Å²) in [5, 5.41) is 2.85. The number of hydrogen-bond acceptors (Lipinski definition) is 1. The van der Waals surface area contributed by atoms with Crippen LogP contribution in [0.1, 0.15) is 42.5 Å². The summed E-state index contributed by atoms with van der Waals surface area (Å²) in [5.41, 5.74) is 0.0306. The first-order valence-corrected chi connectivity index (χ1v) is 6.31. The van der Waals surface area contributed by atoms with E-state index in [1.165, 1.54) is 18.6 Å². The van der Waals surface area contributed by atoms with Crippen LogP contribution in [-0.4, -0.2) is 11.9 Å². The van der Waals surface area contributed by atoms with Crippen LogP contribution in [0.5, 0.6) is 0 Å². The molecule has 2 rings (SSSR count). The van der Waals surface area contributed by atoms with Crippen molar-refractivity contribution in [2.24, 2.45) is 0 Å². The highest BCUT2D eigenvalue weighted by molar-refractivity contribution is 6.31. The summed E-state index contributed by atoms with van der Waals surface area (Å²) in [6.45, 7) is 0. The SMILES string of the molecule is O=C(NC1CCCCC1)c1cccc(Cl)c1F. The summed E-state index contributed by atoms with van der Waals surface area (Å²) in [7, 11) is 0. The molecule has 2 nitrogen and oxygen atoms in total. The molecule has 0 aromatic heterocycles. The van der Waals surface area contributed by atoms with E-state index in [4.69, 9.17) is 11.6 Å². The molecule has 0 saturated heterocycles. The summed E-state index contributed by atoms with van der Waals surface area (Å²) in [6.07, 6.45) is 5.44. The highest BCUT2D eigenvalue weighted by Gasteiger charge is 2.19. The minimum Gasteiger partial charge on any atom is -0.349 e. The molecule has 0 aliphatic heterocycles. The van der Waals surface area contributed by atoms with E-state index in [1.807, 2.05) is 0 Å². The molecule has 1 fully saturated rings. The largest absolute Gasteiger partial charge is 0.349 e. The molecule has 17 heavy (non-hydrogen) atoms. The zero-order chi connectivity index (χ0) is 12.3. The van der Waals surface area contributed by atoms with Crippen molar-refractivity contribution in [1.29, 1.82) is 0 Å². The van der Waals surface area contributed by atoms with Gasteiger partial charge in [-0.3, -0.25) is 4.79 Å². The molecule has 92 valence electrons. The Bertz CT molecular complexity index is 416. The van der Waals surface area contributed by atoms with E-state index in [-0.39, 0.29) is 22.5 Å². The molecule has 0 radical (unpaired) electrons. The number of carbonyl (C=O) groups excluding carboxylic acids is 1. The van der Waals surface area contributed by atoms with E-state index in [9.17, 15) is 9.18 Å². The molecule has 0 atom stereocenters. The fraction of sp³-hybridized carbons (Fsp3) is 0.462. The average Bonchev–Trinajstić information content (AvgIpc) is 2.34. The third kappa shape index (κ3) is 2.97. The zero-order valence-electron chi connectivity index (χ0n) is 9.51. The van der Waals surface area contributed by atoms with Crippen LogP contribution < -0.4 is 5.32 Å². The molecule has 1 amide bonds. The predicted octanol–water partition coefficient (Wildman–Crippen LogP) is 3.54. The van der Waals surface area contributed by atoms with Gasteiger partial charge in [0.1, 0.15) is 0 Å². The van der Waals surface area contributed by atoms with Gasteiger partial charge in [-0.2, -0.15) is 0 Å². The van der Waals surface area contributed by atoms with Crippen LogP contribution in [0.25, 0.3) is 0 Å². The molecule has 0 spiro atoms. The van der Waals surface area contributed by atoms with Gasteiger partial charge in [-0.15, -0.1) is 0 Å². The van der Waals surface area contributed by atoms with Gasteiger partial charge in [-0.05, 0) is 25.0 Å². The molecular formula is C13H15ClFNO. The predicted molar refractivity (Wildman–Crippen MR) is 65.7 cm³/mol. The summed E-state index contributed by atoms with van der Waals surface area (Å²) in [5.74, 6) is -1.00. The van der Waals surface area contributed by atoms with E-state index >= 15 is 0 Å². The zero-order valence-corrected chi connectivity index (χ0v) is 10.3. The lowest BCUT2D eigenvalue weighted by molar-refractivity contribution is 0.0923. The third-order valence-electron chi connectivity index (χ3n) is 3.14. The van der Waals surface area contributed by atoms with Crippen molar-refractivity contribution in [3.63, 3.8) is 0 Å². The Balaban J connectivity index is 2.06.